The van der Waals surface area contributed by atoms with Crippen LogP contribution in [-0.2, 0) is 10.0 Å². The molecule has 28 heavy (non-hydrogen) atoms. The Labute approximate surface area is 161 Å². The summed E-state index contributed by atoms with van der Waals surface area (Å²) >= 11 is 0. The minimum atomic E-state index is -3.65. The quantitative estimate of drug-likeness (QED) is 0.551. The molecule has 0 radical (unpaired) electrons. The van der Waals surface area contributed by atoms with Gasteiger partial charge in [0.05, 0.1) is 20.8 Å². The molecule has 0 spiro atoms. The predicted molar refractivity (Wildman–Crippen MR) is 102 cm³/mol. The molecule has 148 valence electrons. The smallest absolute Gasteiger partial charge is 0.299 e. The van der Waals surface area contributed by atoms with E-state index in [0.29, 0.717) is 0 Å². The number of rotatable bonds is 5. The van der Waals surface area contributed by atoms with E-state index in [1.54, 1.807) is 29.2 Å². The molecule has 0 bridgehead atoms. The van der Waals surface area contributed by atoms with Gasteiger partial charge in [-0.1, -0.05) is 17.7 Å². The minimum Gasteiger partial charge on any atom is -0.363 e. The van der Waals surface area contributed by atoms with Gasteiger partial charge >= 0.3 is 0 Å². The first-order valence-electron chi connectivity index (χ1n) is 8.45. The third kappa shape index (κ3) is 3.80. The Morgan fingerprint density at radius 3 is 2.04 bits per heavy atom. The van der Waals surface area contributed by atoms with Crippen LogP contribution in [0.15, 0.2) is 47.4 Å². The van der Waals surface area contributed by atoms with E-state index in [4.69, 9.17) is 0 Å². The fraction of sp³-hybridized carbons (Fsp3) is 0.294. The number of non-ortho nitro benzene ring substituents is 1. The van der Waals surface area contributed by atoms with Crippen LogP contribution in [0, 0.1) is 27.2 Å². The molecule has 0 N–H and O–H groups in total. The van der Waals surface area contributed by atoms with Gasteiger partial charge < -0.3 is 4.90 Å². The van der Waals surface area contributed by atoms with Gasteiger partial charge in [0.1, 0.15) is 5.69 Å². The van der Waals surface area contributed by atoms with E-state index in [0.717, 1.165) is 11.6 Å². The SMILES string of the molecule is Cc1ccc(S(=O)(=O)N2CCN(c3ccc([N+](=O)[O-])cc3[N+](=O)[O-])CC2)cc1. The maximum atomic E-state index is 12.8. The van der Waals surface area contributed by atoms with Gasteiger partial charge in [-0.15, -0.1) is 0 Å². The third-order valence-electron chi connectivity index (χ3n) is 4.60. The fourth-order valence-corrected chi connectivity index (χ4v) is 4.49. The van der Waals surface area contributed by atoms with Gasteiger partial charge in [0.25, 0.3) is 11.4 Å². The Kier molecular flexibility index (Phi) is 5.29. The van der Waals surface area contributed by atoms with Gasteiger partial charge in [-0.2, -0.15) is 4.31 Å². The molecule has 0 aromatic heterocycles. The lowest BCUT2D eigenvalue weighted by Crippen LogP contribution is -2.48. The summed E-state index contributed by atoms with van der Waals surface area (Å²) in [6.07, 6.45) is 0. The van der Waals surface area contributed by atoms with E-state index in [1.165, 1.54) is 16.4 Å². The molecule has 0 amide bonds. The van der Waals surface area contributed by atoms with Crippen molar-refractivity contribution in [2.24, 2.45) is 0 Å². The first-order chi connectivity index (χ1) is 13.2. The van der Waals surface area contributed by atoms with Crippen molar-refractivity contribution in [3.05, 3.63) is 68.3 Å². The minimum absolute atomic E-state index is 0.157. The van der Waals surface area contributed by atoms with Crippen molar-refractivity contribution >= 4 is 27.1 Å². The molecule has 0 atom stereocenters. The number of nitro benzene ring substituents is 2. The summed E-state index contributed by atoms with van der Waals surface area (Å²) in [6.45, 7) is 2.66. The Morgan fingerprint density at radius 2 is 1.50 bits per heavy atom. The summed E-state index contributed by atoms with van der Waals surface area (Å²) in [5.74, 6) is 0. The Morgan fingerprint density at radius 1 is 0.893 bits per heavy atom. The van der Waals surface area contributed by atoms with Gasteiger partial charge in [0.2, 0.25) is 10.0 Å². The molecule has 0 unspecified atom stereocenters. The second-order valence-electron chi connectivity index (χ2n) is 6.39. The van der Waals surface area contributed by atoms with E-state index in [-0.39, 0.29) is 48.1 Å². The van der Waals surface area contributed by atoms with Crippen molar-refractivity contribution < 1.29 is 18.3 Å². The summed E-state index contributed by atoms with van der Waals surface area (Å²) in [4.78, 5) is 22.7. The maximum Gasteiger partial charge on any atom is 0.299 e. The number of anilines is 1. The first-order valence-corrected chi connectivity index (χ1v) is 9.89. The molecule has 3 rings (SSSR count). The highest BCUT2D eigenvalue weighted by molar-refractivity contribution is 7.89. The van der Waals surface area contributed by atoms with E-state index in [2.05, 4.69) is 0 Å². The molecule has 1 aliphatic rings. The van der Waals surface area contributed by atoms with E-state index >= 15 is 0 Å². The normalized spacial score (nSPS) is 15.4. The zero-order valence-corrected chi connectivity index (χ0v) is 15.8. The number of sulfonamides is 1. The number of nitro groups is 2. The number of hydrogen-bond donors (Lipinski definition) is 0. The molecule has 1 fully saturated rings. The summed E-state index contributed by atoms with van der Waals surface area (Å²) in [5.41, 5.74) is 0.456. The van der Waals surface area contributed by atoms with Crippen molar-refractivity contribution in [2.45, 2.75) is 11.8 Å². The van der Waals surface area contributed by atoms with Crippen molar-refractivity contribution in [3.8, 4) is 0 Å². The number of nitrogens with zero attached hydrogens (tertiary/aromatic N) is 4. The first kappa shape index (κ1) is 19.7. The van der Waals surface area contributed by atoms with Crippen molar-refractivity contribution in [1.82, 2.24) is 4.31 Å². The van der Waals surface area contributed by atoms with Crippen LogP contribution in [0.3, 0.4) is 0 Å². The third-order valence-corrected chi connectivity index (χ3v) is 6.52. The van der Waals surface area contributed by atoms with Gasteiger partial charge in [-0.3, -0.25) is 20.2 Å². The largest absolute Gasteiger partial charge is 0.363 e. The average molecular weight is 406 g/mol. The molecule has 1 aliphatic heterocycles. The van der Waals surface area contributed by atoms with Crippen LogP contribution in [-0.4, -0.2) is 48.7 Å². The molecular formula is C17H18N4O6S. The lowest BCUT2D eigenvalue weighted by Gasteiger charge is -2.35. The fourth-order valence-electron chi connectivity index (χ4n) is 3.07. The van der Waals surface area contributed by atoms with E-state index in [1.807, 2.05) is 6.92 Å². The van der Waals surface area contributed by atoms with Gasteiger partial charge in [0, 0.05) is 32.2 Å². The molecule has 2 aromatic rings. The van der Waals surface area contributed by atoms with Crippen LogP contribution >= 0.6 is 0 Å². The highest BCUT2D eigenvalue weighted by Crippen LogP contribution is 2.33. The molecule has 1 saturated heterocycles. The summed E-state index contributed by atoms with van der Waals surface area (Å²) in [6, 6.07) is 10.0. The van der Waals surface area contributed by atoms with E-state index in [9.17, 15) is 28.6 Å². The Balaban J connectivity index is 1.79. The van der Waals surface area contributed by atoms with Gasteiger partial charge in [0.15, 0.2) is 0 Å². The number of benzene rings is 2. The van der Waals surface area contributed by atoms with Crippen LogP contribution < -0.4 is 4.90 Å². The predicted octanol–water partition coefficient (Wildman–Crippen LogP) is 2.32. The van der Waals surface area contributed by atoms with Crippen LogP contribution in [0.25, 0.3) is 0 Å². The monoisotopic (exact) mass is 406 g/mol. The standard InChI is InChI=1S/C17H18N4O6S/c1-13-2-5-15(6-3-13)28(26,27)19-10-8-18(9-11-19)16-7-4-14(20(22)23)12-17(16)21(24)25/h2-7,12H,8-11H2,1H3. The highest BCUT2D eigenvalue weighted by Gasteiger charge is 2.31. The summed E-state index contributed by atoms with van der Waals surface area (Å²) < 4.78 is 26.9. The zero-order chi connectivity index (χ0) is 20.5. The molecule has 0 aliphatic carbocycles. The molecule has 2 aromatic carbocycles. The molecule has 10 nitrogen and oxygen atoms in total. The Hall–Kier alpha value is -3.05. The molecule has 0 saturated carbocycles. The van der Waals surface area contributed by atoms with Crippen LogP contribution in [0.5, 0.6) is 0 Å². The van der Waals surface area contributed by atoms with Crippen molar-refractivity contribution in [1.29, 1.82) is 0 Å². The molecule has 1 heterocycles. The second kappa shape index (κ2) is 7.52. The maximum absolute atomic E-state index is 12.8. The summed E-state index contributed by atoms with van der Waals surface area (Å²) in [7, 11) is -3.65. The Bertz CT molecular complexity index is 1010. The number of piperazine rings is 1. The highest BCUT2D eigenvalue weighted by atomic mass is 32.2. The topological polar surface area (TPSA) is 127 Å². The molecular weight excluding hydrogens is 388 g/mol. The van der Waals surface area contributed by atoms with Crippen LogP contribution in [0.4, 0.5) is 17.1 Å². The average Bonchev–Trinajstić information content (AvgIpc) is 2.68. The zero-order valence-electron chi connectivity index (χ0n) is 15.0. The van der Waals surface area contributed by atoms with Crippen molar-refractivity contribution in [3.63, 3.8) is 0 Å². The van der Waals surface area contributed by atoms with Crippen LogP contribution in [0.1, 0.15) is 5.56 Å². The van der Waals surface area contributed by atoms with Gasteiger partial charge in [-0.05, 0) is 25.1 Å². The lowest BCUT2D eigenvalue weighted by molar-refractivity contribution is -0.393. The number of hydrogen-bond acceptors (Lipinski definition) is 7. The summed E-state index contributed by atoms with van der Waals surface area (Å²) in [5, 5.41) is 22.2. The number of aryl methyl sites for hydroxylation is 1. The van der Waals surface area contributed by atoms with Crippen LogP contribution in [0.2, 0.25) is 0 Å². The molecule has 11 heteroatoms. The van der Waals surface area contributed by atoms with Crippen molar-refractivity contribution in [2.75, 3.05) is 31.1 Å². The second-order valence-corrected chi connectivity index (χ2v) is 8.33. The lowest BCUT2D eigenvalue weighted by atomic mass is 10.2. The van der Waals surface area contributed by atoms with E-state index < -0.39 is 19.9 Å². The van der Waals surface area contributed by atoms with Gasteiger partial charge in [-0.25, -0.2) is 8.42 Å².